The van der Waals surface area contributed by atoms with Crippen molar-refractivity contribution in [2.24, 2.45) is 0 Å². The van der Waals surface area contributed by atoms with E-state index >= 15 is 0 Å². The monoisotopic (exact) mass is 239 g/mol. The van der Waals surface area contributed by atoms with E-state index in [9.17, 15) is 9.18 Å². The van der Waals surface area contributed by atoms with Crippen molar-refractivity contribution in [3.63, 3.8) is 0 Å². The molecule has 1 aromatic heterocycles. The van der Waals surface area contributed by atoms with E-state index in [-0.39, 0.29) is 5.56 Å². The Morgan fingerprint density at radius 3 is 2.76 bits per heavy atom. The van der Waals surface area contributed by atoms with Gasteiger partial charge in [0.2, 0.25) is 5.95 Å². The van der Waals surface area contributed by atoms with Crippen LogP contribution < -0.4 is 0 Å². The number of imidazole rings is 1. The van der Waals surface area contributed by atoms with E-state index in [0.717, 1.165) is 10.9 Å². The van der Waals surface area contributed by atoms with E-state index in [2.05, 4.69) is 4.98 Å². The lowest BCUT2D eigenvalue weighted by Gasteiger charge is -2.15. The van der Waals surface area contributed by atoms with Gasteiger partial charge in [-0.25, -0.2) is 9.78 Å². The number of benzene rings is 1. The van der Waals surface area contributed by atoms with Crippen LogP contribution in [0.5, 0.6) is 0 Å². The SMILES string of the molecule is [2H]c1c([2H])c([2H])c(C(C)n2cnc(F)c2C(=O)O)c([2H])c1[2H]. The summed E-state index contributed by atoms with van der Waals surface area (Å²) in [6.07, 6.45) is 0.921. The Morgan fingerprint density at radius 1 is 1.53 bits per heavy atom. The molecule has 5 heteroatoms. The lowest BCUT2D eigenvalue weighted by molar-refractivity contribution is 0.0678. The van der Waals surface area contributed by atoms with Crippen LogP contribution in [0, 0.1) is 5.95 Å². The van der Waals surface area contributed by atoms with E-state index in [1.165, 1.54) is 6.92 Å². The molecular formula is C12H11FN2O2. The van der Waals surface area contributed by atoms with Crippen LogP contribution in [-0.2, 0) is 0 Å². The molecule has 0 radical (unpaired) electrons. The average Bonchev–Trinajstić information content (AvgIpc) is 2.85. The molecule has 0 fully saturated rings. The molecule has 0 amide bonds. The molecule has 2 aromatic rings. The molecule has 1 atom stereocenters. The van der Waals surface area contributed by atoms with E-state index in [4.69, 9.17) is 12.0 Å². The van der Waals surface area contributed by atoms with Crippen molar-refractivity contribution in [2.45, 2.75) is 13.0 Å². The van der Waals surface area contributed by atoms with Crippen molar-refractivity contribution in [3.05, 3.63) is 53.7 Å². The predicted octanol–water partition coefficient (Wildman–Crippen LogP) is 2.33. The summed E-state index contributed by atoms with van der Waals surface area (Å²) in [4.78, 5) is 14.4. The third-order valence-corrected chi connectivity index (χ3v) is 2.31. The van der Waals surface area contributed by atoms with Gasteiger partial charge in [0, 0.05) is 0 Å². The van der Waals surface area contributed by atoms with Crippen LogP contribution >= 0.6 is 0 Å². The summed E-state index contributed by atoms with van der Waals surface area (Å²) in [6.45, 7) is 1.40. The minimum absolute atomic E-state index is 0.133. The Morgan fingerprint density at radius 2 is 2.18 bits per heavy atom. The van der Waals surface area contributed by atoms with Crippen LogP contribution in [0.3, 0.4) is 0 Å². The Hall–Kier alpha value is -2.17. The molecule has 0 saturated carbocycles. The average molecular weight is 239 g/mol. The fraction of sp³-hybridized carbons (Fsp3) is 0.167. The van der Waals surface area contributed by atoms with E-state index in [0.29, 0.717) is 0 Å². The van der Waals surface area contributed by atoms with Gasteiger partial charge in [0.05, 0.1) is 19.2 Å². The number of carbonyl (C=O) groups is 1. The third-order valence-electron chi connectivity index (χ3n) is 2.31. The molecule has 1 unspecified atom stereocenters. The Kier molecular flexibility index (Phi) is 1.68. The minimum Gasteiger partial charge on any atom is -0.476 e. The molecule has 4 nitrogen and oxygen atoms in total. The molecule has 0 saturated heterocycles. The van der Waals surface area contributed by atoms with Crippen LogP contribution in [0.1, 0.15) is 35.9 Å². The molecule has 1 N–H and O–H groups in total. The lowest BCUT2D eigenvalue weighted by atomic mass is 10.1. The number of hydrogen-bond donors (Lipinski definition) is 1. The lowest BCUT2D eigenvalue weighted by Crippen LogP contribution is -2.14. The van der Waals surface area contributed by atoms with Gasteiger partial charge in [-0.15, -0.1) is 0 Å². The minimum atomic E-state index is -1.56. The maximum absolute atomic E-state index is 13.5. The summed E-state index contributed by atoms with van der Waals surface area (Å²) in [5, 5.41) is 9.02. The van der Waals surface area contributed by atoms with Crippen molar-refractivity contribution in [3.8, 4) is 0 Å². The zero-order chi connectivity index (χ0) is 16.8. The van der Waals surface area contributed by atoms with Crippen LogP contribution in [0.4, 0.5) is 4.39 Å². The van der Waals surface area contributed by atoms with Crippen LogP contribution in [-0.4, -0.2) is 20.6 Å². The molecule has 88 valence electrons. The molecule has 2 rings (SSSR count). The first-order valence-corrected chi connectivity index (χ1v) is 4.70. The van der Waals surface area contributed by atoms with Gasteiger partial charge in [0.1, 0.15) is 0 Å². The normalized spacial score (nSPS) is 16.5. The number of carboxylic acid groups (broad SMARTS) is 1. The molecule has 0 aliphatic rings. The first-order valence-electron chi connectivity index (χ1n) is 7.20. The Bertz CT molecular complexity index is 748. The van der Waals surface area contributed by atoms with Crippen molar-refractivity contribution in [2.75, 3.05) is 0 Å². The molecular weight excluding hydrogens is 223 g/mol. The van der Waals surface area contributed by atoms with Crippen LogP contribution in [0.2, 0.25) is 0 Å². The highest BCUT2D eigenvalue weighted by molar-refractivity contribution is 5.85. The van der Waals surface area contributed by atoms with Gasteiger partial charge in [-0.3, -0.25) is 0 Å². The van der Waals surface area contributed by atoms with Gasteiger partial charge >= 0.3 is 5.97 Å². The maximum atomic E-state index is 13.5. The van der Waals surface area contributed by atoms with Crippen molar-refractivity contribution < 1.29 is 21.1 Å². The molecule has 0 aliphatic carbocycles. The number of aromatic nitrogens is 2. The zero-order valence-corrected chi connectivity index (χ0v) is 8.78. The zero-order valence-electron chi connectivity index (χ0n) is 13.8. The number of nitrogens with zero attached hydrogens (tertiary/aromatic N) is 2. The predicted molar refractivity (Wildman–Crippen MR) is 59.4 cm³/mol. The first kappa shape index (κ1) is 6.54. The molecule has 0 bridgehead atoms. The van der Waals surface area contributed by atoms with Crippen molar-refractivity contribution in [1.82, 2.24) is 9.55 Å². The summed E-state index contributed by atoms with van der Waals surface area (Å²) in [6, 6.07) is -3.58. The number of hydrogen-bond acceptors (Lipinski definition) is 2. The summed E-state index contributed by atoms with van der Waals surface area (Å²) in [5.74, 6) is -2.76. The van der Waals surface area contributed by atoms with Crippen molar-refractivity contribution in [1.29, 1.82) is 0 Å². The number of rotatable bonds is 3. The molecule has 0 spiro atoms. The van der Waals surface area contributed by atoms with Gasteiger partial charge in [-0.2, -0.15) is 4.39 Å². The Labute approximate surface area is 104 Å². The third kappa shape index (κ3) is 2.04. The van der Waals surface area contributed by atoms with Gasteiger partial charge in [0.25, 0.3) is 0 Å². The summed E-state index contributed by atoms with van der Waals surface area (Å²) < 4.78 is 52.8. The first-order chi connectivity index (χ1) is 10.2. The van der Waals surface area contributed by atoms with Gasteiger partial charge in [-0.1, -0.05) is 30.2 Å². The quantitative estimate of drug-likeness (QED) is 0.894. The van der Waals surface area contributed by atoms with Crippen LogP contribution in [0.25, 0.3) is 0 Å². The number of halogens is 1. The van der Waals surface area contributed by atoms with E-state index in [1.54, 1.807) is 0 Å². The standard InChI is InChI=1S/C12H11FN2O2/c1-8(9-5-3-2-4-6-9)15-7-14-11(13)10(15)12(16)17/h2-8H,1H3,(H,16,17)/i2D,3D,4D,5D,6D. The van der Waals surface area contributed by atoms with Crippen molar-refractivity contribution >= 4 is 5.97 Å². The molecule has 1 aromatic carbocycles. The second-order valence-corrected chi connectivity index (χ2v) is 3.31. The highest BCUT2D eigenvalue weighted by Crippen LogP contribution is 2.20. The second-order valence-electron chi connectivity index (χ2n) is 3.31. The second kappa shape index (κ2) is 4.37. The molecule has 1 heterocycles. The van der Waals surface area contributed by atoms with Crippen LogP contribution in [0.15, 0.2) is 36.5 Å². The summed E-state index contributed by atoms with van der Waals surface area (Å²) in [5.41, 5.74) is -0.870. The molecule has 0 aliphatic heterocycles. The van der Waals surface area contributed by atoms with Gasteiger partial charge < -0.3 is 9.67 Å². The Balaban J connectivity index is 2.71. The fourth-order valence-corrected chi connectivity index (χ4v) is 1.44. The van der Waals surface area contributed by atoms with E-state index < -0.39 is 53.9 Å². The highest BCUT2D eigenvalue weighted by Gasteiger charge is 2.21. The summed E-state index contributed by atoms with van der Waals surface area (Å²) in [7, 11) is 0. The number of carboxylic acids is 1. The fourth-order valence-electron chi connectivity index (χ4n) is 1.44. The van der Waals surface area contributed by atoms with Gasteiger partial charge in [-0.05, 0) is 12.5 Å². The van der Waals surface area contributed by atoms with Gasteiger partial charge in [0.15, 0.2) is 5.69 Å². The molecule has 17 heavy (non-hydrogen) atoms. The summed E-state index contributed by atoms with van der Waals surface area (Å²) >= 11 is 0. The highest BCUT2D eigenvalue weighted by atomic mass is 19.1. The number of aromatic carboxylic acids is 1. The smallest absolute Gasteiger partial charge is 0.357 e. The topological polar surface area (TPSA) is 55.1 Å². The maximum Gasteiger partial charge on any atom is 0.357 e. The largest absolute Gasteiger partial charge is 0.476 e. The van der Waals surface area contributed by atoms with E-state index in [1.807, 2.05) is 0 Å².